The minimum Gasteiger partial charge on any atom is -0.484 e. The van der Waals surface area contributed by atoms with Crippen LogP contribution in [-0.4, -0.2) is 21.0 Å². The van der Waals surface area contributed by atoms with Crippen molar-refractivity contribution in [2.45, 2.75) is 20.0 Å². The van der Waals surface area contributed by atoms with Gasteiger partial charge in [0.25, 0.3) is 0 Å². The van der Waals surface area contributed by atoms with E-state index in [2.05, 4.69) is 9.97 Å². The highest BCUT2D eigenvalue weighted by atomic mass is 35.5. The van der Waals surface area contributed by atoms with Crippen molar-refractivity contribution >= 4 is 29.2 Å². The highest BCUT2D eigenvalue weighted by molar-refractivity contribution is 6.36. The van der Waals surface area contributed by atoms with Crippen LogP contribution in [0.15, 0.2) is 42.9 Å². The van der Waals surface area contributed by atoms with E-state index in [1.165, 1.54) is 30.6 Å². The Morgan fingerprint density at radius 1 is 1.18 bits per heavy atom. The molecule has 3 aromatic rings. The normalized spacial score (nSPS) is 11.9. The van der Waals surface area contributed by atoms with Crippen LogP contribution in [0.4, 0.5) is 4.39 Å². The van der Waals surface area contributed by atoms with E-state index in [0.717, 1.165) is 0 Å². The van der Waals surface area contributed by atoms with Crippen molar-refractivity contribution in [3.63, 3.8) is 0 Å². The lowest BCUT2D eigenvalue weighted by atomic mass is 10.1. The molecular formula is C20H15Cl2FN2O3. The number of rotatable bonds is 5. The molecular weight excluding hydrogens is 406 g/mol. The molecule has 144 valence electrons. The SMILES string of the molecule is Cc1ncc(-c2cncc(C(=O)O)c2)cc1OC(C)c1c(Cl)ccc(F)c1Cl. The Morgan fingerprint density at radius 2 is 1.89 bits per heavy atom. The number of aromatic carboxylic acids is 1. The Kier molecular flexibility index (Phi) is 5.82. The molecule has 1 N–H and O–H groups in total. The summed E-state index contributed by atoms with van der Waals surface area (Å²) < 4.78 is 19.8. The van der Waals surface area contributed by atoms with Crippen molar-refractivity contribution in [1.29, 1.82) is 0 Å². The molecule has 0 aliphatic rings. The van der Waals surface area contributed by atoms with Crippen molar-refractivity contribution in [3.8, 4) is 16.9 Å². The number of ether oxygens (including phenoxy) is 1. The molecule has 3 rings (SSSR count). The van der Waals surface area contributed by atoms with E-state index >= 15 is 0 Å². The first-order valence-corrected chi connectivity index (χ1v) is 8.99. The second-order valence-corrected chi connectivity index (χ2v) is 6.88. The number of hydrogen-bond donors (Lipinski definition) is 1. The van der Waals surface area contributed by atoms with Gasteiger partial charge in [-0.05, 0) is 38.1 Å². The molecule has 0 bridgehead atoms. The van der Waals surface area contributed by atoms with Gasteiger partial charge >= 0.3 is 5.97 Å². The van der Waals surface area contributed by atoms with E-state index < -0.39 is 17.9 Å². The molecule has 8 heteroatoms. The number of halogens is 3. The van der Waals surface area contributed by atoms with Gasteiger partial charge in [0.1, 0.15) is 17.7 Å². The van der Waals surface area contributed by atoms with Crippen molar-refractivity contribution in [2.75, 3.05) is 0 Å². The summed E-state index contributed by atoms with van der Waals surface area (Å²) in [5.74, 6) is -1.23. The fourth-order valence-corrected chi connectivity index (χ4v) is 3.35. The number of pyridine rings is 2. The number of nitrogens with zero attached hydrogens (tertiary/aromatic N) is 2. The quantitative estimate of drug-likeness (QED) is 0.533. The van der Waals surface area contributed by atoms with Crippen LogP contribution in [0.25, 0.3) is 11.1 Å². The summed E-state index contributed by atoms with van der Waals surface area (Å²) in [5.41, 5.74) is 2.20. The Bertz CT molecular complexity index is 1060. The molecule has 0 aliphatic carbocycles. The van der Waals surface area contributed by atoms with Gasteiger partial charge in [-0.3, -0.25) is 9.97 Å². The molecule has 0 spiro atoms. The number of aryl methyl sites for hydroxylation is 1. The van der Waals surface area contributed by atoms with Crippen LogP contribution < -0.4 is 4.74 Å². The molecule has 0 saturated carbocycles. The maximum atomic E-state index is 13.8. The van der Waals surface area contributed by atoms with Gasteiger partial charge in [0, 0.05) is 40.3 Å². The van der Waals surface area contributed by atoms with Crippen molar-refractivity contribution in [2.24, 2.45) is 0 Å². The summed E-state index contributed by atoms with van der Waals surface area (Å²) in [6, 6.07) is 5.82. The highest BCUT2D eigenvalue weighted by Gasteiger charge is 2.20. The van der Waals surface area contributed by atoms with Gasteiger partial charge in [0.05, 0.1) is 16.3 Å². The average molecular weight is 421 g/mol. The zero-order valence-electron chi connectivity index (χ0n) is 14.9. The molecule has 0 radical (unpaired) electrons. The molecule has 1 unspecified atom stereocenters. The van der Waals surface area contributed by atoms with Crippen LogP contribution in [0, 0.1) is 12.7 Å². The van der Waals surface area contributed by atoms with E-state index in [9.17, 15) is 9.18 Å². The first-order chi connectivity index (χ1) is 13.3. The summed E-state index contributed by atoms with van der Waals surface area (Å²) in [4.78, 5) is 19.4. The van der Waals surface area contributed by atoms with Gasteiger partial charge in [-0.25, -0.2) is 9.18 Å². The fraction of sp³-hybridized carbons (Fsp3) is 0.150. The number of aromatic nitrogens is 2. The standard InChI is InChI=1S/C20H15Cl2FN2O3/c1-10-17(28-11(2)18-15(21)3-4-16(23)19(18)22)6-13(9-25-10)12-5-14(20(26)27)8-24-7-12/h3-9,11H,1-2H3,(H,26,27). The lowest BCUT2D eigenvalue weighted by Crippen LogP contribution is -2.07. The van der Waals surface area contributed by atoms with E-state index in [0.29, 0.717) is 33.2 Å². The summed E-state index contributed by atoms with van der Waals surface area (Å²) in [6.07, 6.45) is 3.75. The van der Waals surface area contributed by atoms with E-state index in [1.807, 2.05) is 0 Å². The molecule has 28 heavy (non-hydrogen) atoms. The first kappa shape index (κ1) is 20.0. The lowest BCUT2D eigenvalue weighted by Gasteiger charge is -2.19. The van der Waals surface area contributed by atoms with Crippen LogP contribution >= 0.6 is 23.2 Å². The smallest absolute Gasteiger partial charge is 0.337 e. The maximum Gasteiger partial charge on any atom is 0.337 e. The summed E-state index contributed by atoms with van der Waals surface area (Å²) >= 11 is 12.2. The maximum absolute atomic E-state index is 13.8. The predicted octanol–water partition coefficient (Wildman–Crippen LogP) is 5.74. The fourth-order valence-electron chi connectivity index (χ4n) is 2.67. The number of hydrogen-bond acceptors (Lipinski definition) is 4. The van der Waals surface area contributed by atoms with E-state index in [4.69, 9.17) is 33.0 Å². The summed E-state index contributed by atoms with van der Waals surface area (Å²) in [7, 11) is 0. The minimum absolute atomic E-state index is 0.0623. The van der Waals surface area contributed by atoms with Gasteiger partial charge in [0.2, 0.25) is 0 Å². The zero-order chi connectivity index (χ0) is 20.4. The summed E-state index contributed by atoms with van der Waals surface area (Å²) in [6.45, 7) is 3.46. The number of benzene rings is 1. The molecule has 0 saturated heterocycles. The Labute approximate surface area is 170 Å². The van der Waals surface area contributed by atoms with Gasteiger partial charge in [-0.1, -0.05) is 23.2 Å². The van der Waals surface area contributed by atoms with Crippen LogP contribution in [0.5, 0.6) is 5.75 Å². The number of carbonyl (C=O) groups is 1. The predicted molar refractivity (Wildman–Crippen MR) is 105 cm³/mol. The van der Waals surface area contributed by atoms with Crippen molar-refractivity contribution in [3.05, 3.63) is 75.5 Å². The van der Waals surface area contributed by atoms with Crippen molar-refractivity contribution < 1.29 is 19.0 Å². The Balaban J connectivity index is 1.96. The average Bonchev–Trinajstić information content (AvgIpc) is 2.67. The molecule has 1 atom stereocenters. The monoisotopic (exact) mass is 420 g/mol. The second-order valence-electron chi connectivity index (χ2n) is 6.09. The third kappa shape index (κ3) is 4.08. The van der Waals surface area contributed by atoms with Gasteiger partial charge in [0.15, 0.2) is 0 Å². The molecule has 0 aliphatic heterocycles. The second kappa shape index (κ2) is 8.12. The molecule has 2 aromatic heterocycles. The Morgan fingerprint density at radius 3 is 2.61 bits per heavy atom. The largest absolute Gasteiger partial charge is 0.484 e. The van der Waals surface area contributed by atoms with Crippen LogP contribution in [0.2, 0.25) is 10.0 Å². The topological polar surface area (TPSA) is 72.3 Å². The third-order valence-electron chi connectivity index (χ3n) is 4.15. The van der Waals surface area contributed by atoms with Crippen LogP contribution in [0.1, 0.15) is 34.6 Å². The number of carboxylic acids is 1. The van der Waals surface area contributed by atoms with E-state index in [1.54, 1.807) is 26.1 Å². The molecule has 5 nitrogen and oxygen atoms in total. The number of carboxylic acid groups (broad SMARTS) is 1. The van der Waals surface area contributed by atoms with Gasteiger partial charge < -0.3 is 9.84 Å². The van der Waals surface area contributed by atoms with Crippen LogP contribution in [-0.2, 0) is 0 Å². The van der Waals surface area contributed by atoms with Gasteiger partial charge in [-0.15, -0.1) is 0 Å². The van der Waals surface area contributed by atoms with E-state index in [-0.39, 0.29) is 10.6 Å². The molecule has 0 amide bonds. The highest BCUT2D eigenvalue weighted by Crippen LogP contribution is 2.36. The van der Waals surface area contributed by atoms with Crippen LogP contribution in [0.3, 0.4) is 0 Å². The minimum atomic E-state index is -1.07. The summed E-state index contributed by atoms with van der Waals surface area (Å²) in [5, 5.41) is 9.33. The zero-order valence-corrected chi connectivity index (χ0v) is 16.4. The Hall–Kier alpha value is -2.70. The molecule has 2 heterocycles. The first-order valence-electron chi connectivity index (χ1n) is 8.23. The third-order valence-corrected chi connectivity index (χ3v) is 4.86. The molecule has 1 aromatic carbocycles. The van der Waals surface area contributed by atoms with Gasteiger partial charge in [-0.2, -0.15) is 0 Å². The lowest BCUT2D eigenvalue weighted by molar-refractivity contribution is 0.0696. The molecule has 0 fully saturated rings. The van der Waals surface area contributed by atoms with Crippen molar-refractivity contribution in [1.82, 2.24) is 9.97 Å².